The summed E-state index contributed by atoms with van der Waals surface area (Å²) < 4.78 is 6.45. The highest BCUT2D eigenvalue weighted by Crippen LogP contribution is 2.52. The zero-order chi connectivity index (χ0) is 17.8. The predicted molar refractivity (Wildman–Crippen MR) is 98.3 cm³/mol. The molecule has 4 rings (SSSR count). The average molecular weight is 340 g/mol. The lowest BCUT2D eigenvalue weighted by atomic mass is 9.78. The van der Waals surface area contributed by atoms with Crippen molar-refractivity contribution in [3.63, 3.8) is 0 Å². The first-order chi connectivity index (χ1) is 11.9. The Bertz CT molecular complexity index is 699. The van der Waals surface area contributed by atoms with E-state index in [2.05, 4.69) is 45.0 Å². The van der Waals surface area contributed by atoms with Gasteiger partial charge in [0.05, 0.1) is 5.71 Å². The van der Waals surface area contributed by atoms with Crippen LogP contribution in [0, 0.1) is 17.8 Å². The molecule has 2 aliphatic heterocycles. The number of ether oxygens (including phenoxy) is 1. The third-order valence-electron chi connectivity index (χ3n) is 6.35. The maximum atomic E-state index is 13.0. The van der Waals surface area contributed by atoms with Gasteiger partial charge in [0, 0.05) is 19.4 Å². The summed E-state index contributed by atoms with van der Waals surface area (Å²) in [5, 5.41) is 0. The molecule has 1 amide bonds. The number of fused-ring (bicyclic) bond motifs is 1. The van der Waals surface area contributed by atoms with E-state index in [9.17, 15) is 4.79 Å². The Morgan fingerprint density at radius 2 is 2.00 bits per heavy atom. The van der Waals surface area contributed by atoms with Crippen LogP contribution in [0.4, 0.5) is 0 Å². The minimum absolute atomic E-state index is 0.0145. The van der Waals surface area contributed by atoms with Crippen LogP contribution in [0.3, 0.4) is 0 Å². The highest BCUT2D eigenvalue weighted by molar-refractivity contribution is 6.01. The maximum absolute atomic E-state index is 13.0. The monoisotopic (exact) mass is 340 g/mol. The van der Waals surface area contributed by atoms with E-state index in [4.69, 9.17) is 9.73 Å². The standard InChI is InChI=1S/C21H28N2O2/c1-13(2)10-19-22-18-11-16(15-8-6-5-7-9-15)14(3)17-12-21(18,25-19)23(4)20(17)24/h5-9,13-14,16-17,19H,10-12H2,1-4H3/t14-,16+,17?,19-,21+/m1/s1. The van der Waals surface area contributed by atoms with Crippen molar-refractivity contribution in [2.45, 2.75) is 57.9 Å². The molecule has 2 fully saturated rings. The van der Waals surface area contributed by atoms with E-state index in [1.54, 1.807) is 0 Å². The molecule has 4 nitrogen and oxygen atoms in total. The number of carbonyl (C=O) groups excluding carboxylic acids is 1. The molecule has 0 N–H and O–H groups in total. The number of nitrogens with zero attached hydrogens (tertiary/aromatic N) is 2. The molecule has 1 spiro atoms. The van der Waals surface area contributed by atoms with Gasteiger partial charge in [0.1, 0.15) is 0 Å². The Hall–Kier alpha value is -1.68. The van der Waals surface area contributed by atoms with Crippen LogP contribution in [0.15, 0.2) is 35.3 Å². The number of aliphatic imine (C=N–C) groups is 1. The lowest BCUT2D eigenvalue weighted by Gasteiger charge is -2.35. The number of hydrogen-bond donors (Lipinski definition) is 0. The van der Waals surface area contributed by atoms with Crippen LogP contribution in [0.5, 0.6) is 0 Å². The Kier molecular flexibility index (Phi) is 3.99. The molecule has 4 heteroatoms. The summed E-state index contributed by atoms with van der Waals surface area (Å²) in [5.74, 6) is 1.37. The fourth-order valence-electron chi connectivity index (χ4n) is 4.91. The normalized spacial score (nSPS) is 37.2. The van der Waals surface area contributed by atoms with E-state index >= 15 is 0 Å². The minimum atomic E-state index is -0.598. The predicted octanol–water partition coefficient (Wildman–Crippen LogP) is 3.83. The van der Waals surface area contributed by atoms with Gasteiger partial charge >= 0.3 is 0 Å². The zero-order valence-electron chi connectivity index (χ0n) is 15.6. The van der Waals surface area contributed by atoms with Gasteiger partial charge in [-0.1, -0.05) is 51.1 Å². The van der Waals surface area contributed by atoms with Gasteiger partial charge in [0.2, 0.25) is 5.91 Å². The summed E-state index contributed by atoms with van der Waals surface area (Å²) in [6.07, 6.45) is 2.42. The van der Waals surface area contributed by atoms with Gasteiger partial charge in [0.25, 0.3) is 0 Å². The van der Waals surface area contributed by atoms with Crippen LogP contribution >= 0.6 is 0 Å². The summed E-state index contributed by atoms with van der Waals surface area (Å²) in [6.45, 7) is 6.60. The number of amides is 1. The van der Waals surface area contributed by atoms with Gasteiger partial charge in [-0.15, -0.1) is 0 Å². The van der Waals surface area contributed by atoms with Crippen LogP contribution in [0.1, 0.15) is 51.5 Å². The number of likely N-dealkylation sites (tertiary alicyclic amines) is 1. The largest absolute Gasteiger partial charge is 0.325 e. The van der Waals surface area contributed by atoms with Gasteiger partial charge in [-0.3, -0.25) is 9.79 Å². The Labute approximate surface area is 150 Å². The summed E-state index contributed by atoms with van der Waals surface area (Å²) in [6, 6.07) is 10.6. The van der Waals surface area contributed by atoms with Crippen LogP contribution in [-0.4, -0.2) is 35.5 Å². The Morgan fingerprint density at radius 1 is 1.28 bits per heavy atom. The van der Waals surface area contributed by atoms with Crippen molar-refractivity contribution in [1.82, 2.24) is 4.90 Å². The molecule has 0 radical (unpaired) electrons. The van der Waals surface area contributed by atoms with Crippen molar-refractivity contribution in [3.05, 3.63) is 35.9 Å². The number of benzene rings is 1. The van der Waals surface area contributed by atoms with E-state index in [1.807, 2.05) is 18.0 Å². The van der Waals surface area contributed by atoms with Crippen molar-refractivity contribution < 1.29 is 9.53 Å². The molecule has 25 heavy (non-hydrogen) atoms. The number of carbonyl (C=O) groups is 1. The van der Waals surface area contributed by atoms with Crippen molar-refractivity contribution in [2.75, 3.05) is 7.05 Å². The fourth-order valence-corrected chi connectivity index (χ4v) is 4.91. The fraction of sp³-hybridized carbons (Fsp3) is 0.619. The molecule has 0 aromatic heterocycles. The van der Waals surface area contributed by atoms with Crippen LogP contribution in [-0.2, 0) is 9.53 Å². The third-order valence-corrected chi connectivity index (χ3v) is 6.35. The zero-order valence-corrected chi connectivity index (χ0v) is 15.6. The van der Waals surface area contributed by atoms with Crippen molar-refractivity contribution >= 4 is 11.6 Å². The molecule has 1 saturated heterocycles. The molecular formula is C21H28N2O2. The first-order valence-corrected chi connectivity index (χ1v) is 9.50. The number of rotatable bonds is 3. The SMILES string of the molecule is CC(C)C[C@@H]1N=C2C[C@H](c3ccccc3)[C@@H](C)C3C[C@@]2(O1)N(C)C3=O. The highest BCUT2D eigenvalue weighted by Gasteiger charge is 2.61. The van der Waals surface area contributed by atoms with E-state index in [1.165, 1.54) is 5.56 Å². The summed E-state index contributed by atoms with van der Waals surface area (Å²) in [7, 11) is 1.89. The molecule has 1 aliphatic carbocycles. The average Bonchev–Trinajstić information content (AvgIpc) is 3.00. The third kappa shape index (κ3) is 2.53. The van der Waals surface area contributed by atoms with Gasteiger partial charge < -0.3 is 9.64 Å². The van der Waals surface area contributed by atoms with Gasteiger partial charge in [-0.05, 0) is 36.2 Å². The molecule has 2 heterocycles. The molecule has 5 atom stereocenters. The second-order valence-corrected chi connectivity index (χ2v) is 8.35. The van der Waals surface area contributed by atoms with Gasteiger partial charge in [-0.25, -0.2) is 0 Å². The molecular weight excluding hydrogens is 312 g/mol. The van der Waals surface area contributed by atoms with Crippen molar-refractivity contribution in [3.8, 4) is 0 Å². The summed E-state index contributed by atoms with van der Waals surface area (Å²) in [4.78, 5) is 19.8. The van der Waals surface area contributed by atoms with Crippen LogP contribution in [0.25, 0.3) is 0 Å². The second kappa shape index (κ2) is 5.94. The Balaban J connectivity index is 1.74. The Morgan fingerprint density at radius 3 is 2.68 bits per heavy atom. The molecule has 1 unspecified atom stereocenters. The molecule has 1 saturated carbocycles. The molecule has 1 aromatic rings. The highest BCUT2D eigenvalue weighted by atomic mass is 16.5. The van der Waals surface area contributed by atoms with E-state index in [-0.39, 0.29) is 24.0 Å². The first kappa shape index (κ1) is 16.8. The topological polar surface area (TPSA) is 41.9 Å². The molecule has 1 aromatic carbocycles. The van der Waals surface area contributed by atoms with E-state index in [0.717, 1.165) is 25.0 Å². The molecule has 3 aliphatic rings. The second-order valence-electron chi connectivity index (χ2n) is 8.35. The van der Waals surface area contributed by atoms with E-state index in [0.29, 0.717) is 11.8 Å². The maximum Gasteiger partial charge on any atom is 0.228 e. The van der Waals surface area contributed by atoms with Crippen molar-refractivity contribution in [1.29, 1.82) is 0 Å². The van der Waals surface area contributed by atoms with Crippen LogP contribution in [0.2, 0.25) is 0 Å². The van der Waals surface area contributed by atoms with Crippen LogP contribution < -0.4 is 0 Å². The smallest absolute Gasteiger partial charge is 0.228 e. The first-order valence-electron chi connectivity index (χ1n) is 9.50. The molecule has 2 bridgehead atoms. The summed E-state index contributed by atoms with van der Waals surface area (Å²) in [5.41, 5.74) is 1.79. The quantitative estimate of drug-likeness (QED) is 0.839. The van der Waals surface area contributed by atoms with Crippen molar-refractivity contribution in [2.24, 2.45) is 22.7 Å². The van der Waals surface area contributed by atoms with Gasteiger partial charge in [0.15, 0.2) is 12.0 Å². The lowest BCUT2D eigenvalue weighted by molar-refractivity contribution is -0.145. The van der Waals surface area contributed by atoms with E-state index < -0.39 is 5.72 Å². The lowest BCUT2D eigenvalue weighted by Crippen LogP contribution is -2.50. The molecule has 134 valence electrons. The van der Waals surface area contributed by atoms with Gasteiger partial charge in [-0.2, -0.15) is 0 Å². The minimum Gasteiger partial charge on any atom is -0.325 e. The number of hydrogen-bond acceptors (Lipinski definition) is 3. The summed E-state index contributed by atoms with van der Waals surface area (Å²) >= 11 is 0.